The molecule has 2 aromatic carbocycles. The number of fused-ring (bicyclic) bond motifs is 1. The smallest absolute Gasteiger partial charge is 0.260 e. The molecule has 1 saturated heterocycles. The number of para-hydroxylation sites is 1. The van der Waals surface area contributed by atoms with Crippen LogP contribution >= 0.6 is 35.5 Å². The molecule has 0 atom stereocenters. The van der Waals surface area contributed by atoms with E-state index in [4.69, 9.17) is 23.9 Å². The maximum Gasteiger partial charge on any atom is 0.260 e. The monoisotopic (exact) mass is 539 g/mol. The summed E-state index contributed by atoms with van der Waals surface area (Å²) < 4.78 is 22.9. The number of thiazole rings is 1. The Kier molecular flexibility index (Phi) is 9.88. The van der Waals surface area contributed by atoms with Crippen LogP contribution in [0.15, 0.2) is 35.2 Å². The second-order valence-electron chi connectivity index (χ2n) is 7.63. The fraction of sp³-hybridized carbons (Fsp3) is 0.417. The summed E-state index contributed by atoms with van der Waals surface area (Å²) in [6.45, 7) is 4.35. The number of morpholine rings is 1. The molecular weight excluding hydrogens is 510 g/mol. The molecule has 2 heterocycles. The second kappa shape index (κ2) is 12.6. The zero-order chi connectivity index (χ0) is 24.1. The summed E-state index contributed by atoms with van der Waals surface area (Å²) in [6, 6.07) is 9.49. The Labute approximate surface area is 219 Å². The quantitative estimate of drug-likeness (QED) is 0.369. The molecule has 1 aliphatic rings. The third kappa shape index (κ3) is 5.95. The van der Waals surface area contributed by atoms with Crippen LogP contribution in [-0.2, 0) is 4.74 Å². The number of hydrogen-bond donors (Lipinski definition) is 0. The van der Waals surface area contributed by atoms with Crippen LogP contribution < -0.4 is 19.1 Å². The highest BCUT2D eigenvalue weighted by molar-refractivity contribution is 7.98. The van der Waals surface area contributed by atoms with Gasteiger partial charge in [0.05, 0.1) is 44.8 Å². The van der Waals surface area contributed by atoms with Crippen molar-refractivity contribution in [1.29, 1.82) is 0 Å². The van der Waals surface area contributed by atoms with Crippen molar-refractivity contribution in [3.8, 4) is 17.2 Å². The van der Waals surface area contributed by atoms with Gasteiger partial charge in [-0.05, 0) is 30.5 Å². The number of halogens is 1. The molecule has 0 N–H and O–H groups in total. The summed E-state index contributed by atoms with van der Waals surface area (Å²) in [5.74, 6) is 1.16. The van der Waals surface area contributed by atoms with E-state index < -0.39 is 0 Å². The summed E-state index contributed by atoms with van der Waals surface area (Å²) >= 11 is 3.17. The molecule has 0 spiro atoms. The summed E-state index contributed by atoms with van der Waals surface area (Å²) in [7, 11) is 4.62. The van der Waals surface area contributed by atoms with Gasteiger partial charge in [0.15, 0.2) is 16.6 Å². The lowest BCUT2D eigenvalue weighted by atomic mass is 10.1. The van der Waals surface area contributed by atoms with Crippen molar-refractivity contribution in [1.82, 2.24) is 9.88 Å². The first kappa shape index (κ1) is 27.3. The normalized spacial score (nSPS) is 13.8. The highest BCUT2D eigenvalue weighted by atomic mass is 35.5. The molecule has 1 aromatic heterocycles. The van der Waals surface area contributed by atoms with Gasteiger partial charge < -0.3 is 18.9 Å². The SMILES string of the molecule is COc1cc(C(=O)N(CCN2CCOCC2)c2nc3c(SC)cccc3s2)cc(OC)c1OC.Cl. The highest BCUT2D eigenvalue weighted by Crippen LogP contribution is 2.39. The Morgan fingerprint density at radius 3 is 2.43 bits per heavy atom. The number of ether oxygens (including phenoxy) is 4. The molecule has 3 aromatic rings. The Hall–Kier alpha value is -2.24. The van der Waals surface area contributed by atoms with E-state index in [2.05, 4.69) is 11.0 Å². The largest absolute Gasteiger partial charge is 0.493 e. The number of nitrogens with zero attached hydrogens (tertiary/aromatic N) is 3. The van der Waals surface area contributed by atoms with Gasteiger partial charge in [-0.3, -0.25) is 14.6 Å². The molecule has 0 unspecified atom stereocenters. The number of carbonyl (C=O) groups is 1. The first-order valence-electron chi connectivity index (χ1n) is 10.9. The van der Waals surface area contributed by atoms with E-state index >= 15 is 0 Å². The Morgan fingerprint density at radius 1 is 1.14 bits per heavy atom. The second-order valence-corrected chi connectivity index (χ2v) is 9.49. The van der Waals surface area contributed by atoms with E-state index in [0.29, 0.717) is 47.7 Å². The third-order valence-electron chi connectivity index (χ3n) is 5.72. The third-order valence-corrected chi connectivity index (χ3v) is 7.53. The number of hydrogen-bond acceptors (Lipinski definition) is 9. The average Bonchev–Trinajstić information content (AvgIpc) is 3.32. The fourth-order valence-electron chi connectivity index (χ4n) is 3.90. The van der Waals surface area contributed by atoms with Gasteiger partial charge in [0.2, 0.25) is 5.75 Å². The van der Waals surface area contributed by atoms with Crippen molar-refractivity contribution in [2.75, 3.05) is 71.9 Å². The average molecular weight is 540 g/mol. The minimum atomic E-state index is -0.169. The van der Waals surface area contributed by atoms with Crippen LogP contribution in [0.4, 0.5) is 5.13 Å². The molecule has 1 aliphatic heterocycles. The first-order valence-corrected chi connectivity index (χ1v) is 13.0. The number of thioether (sulfide) groups is 1. The van der Waals surface area contributed by atoms with Crippen molar-refractivity contribution in [2.24, 2.45) is 0 Å². The zero-order valence-electron chi connectivity index (χ0n) is 20.2. The summed E-state index contributed by atoms with van der Waals surface area (Å²) in [4.78, 5) is 23.9. The minimum Gasteiger partial charge on any atom is -0.493 e. The Balaban J connectivity index is 0.00000342. The van der Waals surface area contributed by atoms with Gasteiger partial charge in [-0.15, -0.1) is 24.2 Å². The first-order chi connectivity index (χ1) is 16.6. The molecule has 11 heteroatoms. The molecule has 0 saturated carbocycles. The van der Waals surface area contributed by atoms with Crippen LogP contribution in [0.2, 0.25) is 0 Å². The van der Waals surface area contributed by atoms with Crippen molar-refractivity contribution >= 4 is 56.8 Å². The summed E-state index contributed by atoms with van der Waals surface area (Å²) in [5, 5.41) is 0.670. The Bertz CT molecular complexity index is 1130. The molecule has 4 rings (SSSR count). The van der Waals surface area contributed by atoms with Crippen LogP contribution in [-0.4, -0.2) is 82.8 Å². The molecule has 0 radical (unpaired) electrons. The highest BCUT2D eigenvalue weighted by Gasteiger charge is 2.26. The number of amides is 1. The Morgan fingerprint density at radius 2 is 1.83 bits per heavy atom. The van der Waals surface area contributed by atoms with Crippen LogP contribution in [0, 0.1) is 0 Å². The molecule has 0 aliphatic carbocycles. The lowest BCUT2D eigenvalue weighted by Gasteiger charge is -2.29. The van der Waals surface area contributed by atoms with Gasteiger partial charge in [-0.1, -0.05) is 17.4 Å². The van der Waals surface area contributed by atoms with E-state index in [-0.39, 0.29) is 18.3 Å². The molecule has 0 bridgehead atoms. The number of benzene rings is 2. The van der Waals surface area contributed by atoms with Crippen molar-refractivity contribution in [2.45, 2.75) is 4.90 Å². The topological polar surface area (TPSA) is 73.4 Å². The maximum atomic E-state index is 13.9. The van der Waals surface area contributed by atoms with Crippen LogP contribution in [0.25, 0.3) is 10.2 Å². The number of rotatable bonds is 9. The maximum absolute atomic E-state index is 13.9. The fourth-order valence-corrected chi connectivity index (χ4v) is 5.55. The minimum absolute atomic E-state index is 0. The lowest BCUT2D eigenvalue weighted by molar-refractivity contribution is 0.0391. The summed E-state index contributed by atoms with van der Waals surface area (Å²) in [5.41, 5.74) is 1.37. The molecule has 8 nitrogen and oxygen atoms in total. The van der Waals surface area contributed by atoms with Gasteiger partial charge in [0.25, 0.3) is 5.91 Å². The molecule has 35 heavy (non-hydrogen) atoms. The van der Waals surface area contributed by atoms with Crippen LogP contribution in [0.5, 0.6) is 17.2 Å². The van der Waals surface area contributed by atoms with Gasteiger partial charge in [0, 0.05) is 36.6 Å². The lowest BCUT2D eigenvalue weighted by Crippen LogP contribution is -2.43. The van der Waals surface area contributed by atoms with E-state index in [1.807, 2.05) is 18.4 Å². The van der Waals surface area contributed by atoms with Crippen molar-refractivity contribution in [3.63, 3.8) is 0 Å². The number of carbonyl (C=O) groups excluding carboxylic acids is 1. The van der Waals surface area contributed by atoms with Gasteiger partial charge in [-0.2, -0.15) is 0 Å². The zero-order valence-corrected chi connectivity index (χ0v) is 22.7. The van der Waals surface area contributed by atoms with E-state index in [9.17, 15) is 4.79 Å². The van der Waals surface area contributed by atoms with Crippen molar-refractivity contribution < 1.29 is 23.7 Å². The van der Waals surface area contributed by atoms with E-state index in [1.165, 1.54) is 11.3 Å². The van der Waals surface area contributed by atoms with E-state index in [1.54, 1.807) is 50.1 Å². The van der Waals surface area contributed by atoms with E-state index in [0.717, 1.165) is 34.7 Å². The predicted octanol–water partition coefficient (Wildman–Crippen LogP) is 4.44. The molecule has 1 amide bonds. The standard InChI is InChI=1S/C24H29N3O5S2.ClH/c1-29-17-14-16(15-18(30-2)22(17)31-3)23(28)27(9-8-26-10-12-32-13-11-26)24-25-21-19(33-4)6-5-7-20(21)34-24;/h5-7,14-15H,8-13H2,1-4H3;1H. The van der Waals surface area contributed by atoms with Gasteiger partial charge >= 0.3 is 0 Å². The molecule has 1 fully saturated rings. The predicted molar refractivity (Wildman–Crippen MR) is 144 cm³/mol. The van der Waals surface area contributed by atoms with Crippen LogP contribution in [0.3, 0.4) is 0 Å². The van der Waals surface area contributed by atoms with Gasteiger partial charge in [0.1, 0.15) is 0 Å². The number of methoxy groups -OCH3 is 3. The van der Waals surface area contributed by atoms with Crippen molar-refractivity contribution in [3.05, 3.63) is 35.9 Å². The molecule has 190 valence electrons. The van der Waals surface area contributed by atoms with Gasteiger partial charge in [-0.25, -0.2) is 4.98 Å². The number of aromatic nitrogens is 1. The number of anilines is 1. The summed E-state index contributed by atoms with van der Waals surface area (Å²) in [6.07, 6.45) is 2.03. The van der Waals surface area contributed by atoms with Crippen LogP contribution in [0.1, 0.15) is 10.4 Å². The molecular formula is C24H30ClN3O5S2.